The Morgan fingerprint density at radius 2 is 2.12 bits per heavy atom. The molecule has 0 spiro atoms. The molecule has 2 fully saturated rings. The maximum atomic E-state index is 10.2. The number of fused-ring (bicyclic) bond motifs is 6. The number of H-pyrrole nitrogens is 1. The first-order chi connectivity index (χ1) is 12.2. The number of nitrogens with one attached hydrogen (secondary N) is 1. The molecule has 4 atom stereocenters. The molecule has 2 aliphatic heterocycles. The molecule has 1 aliphatic carbocycles. The number of aliphatic hydroxyl groups excluding tert-OH is 1. The van der Waals surface area contributed by atoms with E-state index in [9.17, 15) is 5.11 Å². The first-order valence-electron chi connectivity index (χ1n) is 10.2. The van der Waals surface area contributed by atoms with E-state index in [0.29, 0.717) is 5.92 Å². The van der Waals surface area contributed by atoms with Gasteiger partial charge in [-0.3, -0.25) is 4.90 Å². The van der Waals surface area contributed by atoms with Gasteiger partial charge in [-0.25, -0.2) is 0 Å². The summed E-state index contributed by atoms with van der Waals surface area (Å²) in [6.07, 6.45) is 8.00. The Kier molecular flexibility index (Phi) is 3.72. The number of rotatable bonds is 2. The topological polar surface area (TPSA) is 39.3 Å². The smallest absolute Gasteiger partial charge is 0.0617 e. The summed E-state index contributed by atoms with van der Waals surface area (Å²) in [5.74, 6) is 1.48. The molecule has 3 heteroatoms. The largest absolute Gasteiger partial charge is 0.393 e. The van der Waals surface area contributed by atoms with Crippen LogP contribution in [0.3, 0.4) is 0 Å². The van der Waals surface area contributed by atoms with Gasteiger partial charge in [-0.1, -0.05) is 31.5 Å². The maximum Gasteiger partial charge on any atom is 0.0617 e. The van der Waals surface area contributed by atoms with Crippen LogP contribution in [0.15, 0.2) is 24.3 Å². The Hall–Kier alpha value is -1.32. The molecule has 0 radical (unpaired) electrons. The van der Waals surface area contributed by atoms with Crippen LogP contribution in [0.25, 0.3) is 10.9 Å². The summed E-state index contributed by atoms with van der Waals surface area (Å²) in [5.41, 5.74) is 4.53. The van der Waals surface area contributed by atoms with Gasteiger partial charge >= 0.3 is 0 Å². The fourth-order valence-electron chi connectivity index (χ4n) is 6.28. The second-order valence-electron chi connectivity index (χ2n) is 8.69. The minimum Gasteiger partial charge on any atom is -0.393 e. The second kappa shape index (κ2) is 5.85. The Morgan fingerprint density at radius 1 is 1.24 bits per heavy atom. The van der Waals surface area contributed by atoms with Crippen molar-refractivity contribution >= 4 is 10.9 Å². The van der Waals surface area contributed by atoms with Crippen molar-refractivity contribution in [2.45, 2.75) is 63.5 Å². The summed E-state index contributed by atoms with van der Waals surface area (Å²) in [5, 5.41) is 11.7. The highest BCUT2D eigenvalue weighted by Gasteiger charge is 2.51. The maximum absolute atomic E-state index is 10.2. The third-order valence-corrected chi connectivity index (χ3v) is 7.35. The molecule has 0 unspecified atom stereocenters. The summed E-state index contributed by atoms with van der Waals surface area (Å²) >= 11 is 0. The number of nitrogens with zero attached hydrogens (tertiary/aromatic N) is 1. The zero-order chi connectivity index (χ0) is 17.0. The van der Waals surface area contributed by atoms with Gasteiger partial charge in [0, 0.05) is 29.7 Å². The number of benzene rings is 1. The van der Waals surface area contributed by atoms with E-state index in [0.717, 1.165) is 18.8 Å². The van der Waals surface area contributed by atoms with Gasteiger partial charge in [0.05, 0.1) is 11.6 Å². The highest BCUT2D eigenvalue weighted by molar-refractivity contribution is 5.85. The molecule has 1 aromatic heterocycles. The molecule has 2 N–H and O–H groups in total. The van der Waals surface area contributed by atoms with E-state index in [4.69, 9.17) is 0 Å². The van der Waals surface area contributed by atoms with Gasteiger partial charge in [0.15, 0.2) is 0 Å². The number of hydrogen-bond donors (Lipinski definition) is 2. The van der Waals surface area contributed by atoms with E-state index in [1.54, 1.807) is 5.56 Å². The minimum absolute atomic E-state index is 0.0720. The summed E-state index contributed by atoms with van der Waals surface area (Å²) in [6.45, 7) is 4.75. The van der Waals surface area contributed by atoms with Crippen molar-refractivity contribution in [3.8, 4) is 0 Å². The van der Waals surface area contributed by atoms with Crippen LogP contribution in [0.5, 0.6) is 0 Å². The quantitative estimate of drug-likeness (QED) is 0.861. The molecule has 1 saturated carbocycles. The molecular weight excluding hydrogens is 308 g/mol. The third kappa shape index (κ3) is 2.32. The lowest BCUT2D eigenvalue weighted by Gasteiger charge is -2.56. The predicted molar refractivity (Wildman–Crippen MR) is 102 cm³/mol. The minimum atomic E-state index is -0.0720. The third-order valence-electron chi connectivity index (χ3n) is 7.35. The Bertz CT molecular complexity index is 781. The van der Waals surface area contributed by atoms with Crippen molar-refractivity contribution in [3.63, 3.8) is 0 Å². The summed E-state index contributed by atoms with van der Waals surface area (Å²) in [4.78, 5) is 6.66. The van der Waals surface area contributed by atoms with Gasteiger partial charge in [-0.05, 0) is 62.0 Å². The fraction of sp³-hybridized carbons (Fsp3) is 0.636. The van der Waals surface area contributed by atoms with E-state index >= 15 is 0 Å². The van der Waals surface area contributed by atoms with Crippen molar-refractivity contribution in [2.24, 2.45) is 11.8 Å². The van der Waals surface area contributed by atoms with Crippen molar-refractivity contribution in [1.82, 2.24) is 9.88 Å². The number of hydrogen-bond acceptors (Lipinski definition) is 2. The Morgan fingerprint density at radius 3 is 3.00 bits per heavy atom. The van der Waals surface area contributed by atoms with Crippen LogP contribution in [0.1, 0.15) is 56.7 Å². The fourth-order valence-corrected chi connectivity index (χ4v) is 6.28. The molecule has 3 heterocycles. The molecule has 134 valence electrons. The van der Waals surface area contributed by atoms with Gasteiger partial charge < -0.3 is 10.1 Å². The zero-order valence-corrected chi connectivity index (χ0v) is 15.3. The van der Waals surface area contributed by atoms with Crippen molar-refractivity contribution in [1.29, 1.82) is 0 Å². The number of aliphatic hydroxyl groups is 1. The Balaban J connectivity index is 1.62. The monoisotopic (exact) mass is 338 g/mol. The van der Waals surface area contributed by atoms with Gasteiger partial charge in [0.1, 0.15) is 0 Å². The standard InChI is InChI=1S/C22H30N2O/c1-2-10-22-13-16-12-17(25)8-7-15(16)14-24(22)11-9-19-18-5-3-4-6-20(18)23-21(19)22/h3-6,15-17,23,25H,2,7-14H2,1H3/t15-,16-,17+,22-/m0/s1. The molecular formula is C22H30N2O. The molecule has 2 aromatic rings. The number of piperidine rings is 1. The van der Waals surface area contributed by atoms with E-state index in [2.05, 4.69) is 41.1 Å². The number of aromatic amines is 1. The zero-order valence-electron chi connectivity index (χ0n) is 15.3. The molecule has 0 amide bonds. The lowest BCUT2D eigenvalue weighted by atomic mass is 9.64. The predicted octanol–water partition coefficient (Wildman–Crippen LogP) is 4.20. The van der Waals surface area contributed by atoms with Crippen molar-refractivity contribution < 1.29 is 5.11 Å². The average molecular weight is 338 g/mol. The van der Waals surface area contributed by atoms with Crippen LogP contribution >= 0.6 is 0 Å². The average Bonchev–Trinajstić information content (AvgIpc) is 3.00. The number of para-hydroxylation sites is 1. The van der Waals surface area contributed by atoms with Crippen LogP contribution in [0.4, 0.5) is 0 Å². The van der Waals surface area contributed by atoms with Crippen LogP contribution < -0.4 is 0 Å². The van der Waals surface area contributed by atoms with Crippen molar-refractivity contribution in [2.75, 3.05) is 13.1 Å². The van der Waals surface area contributed by atoms with Crippen molar-refractivity contribution in [3.05, 3.63) is 35.5 Å². The molecule has 1 aromatic carbocycles. The summed E-state index contributed by atoms with van der Waals surface area (Å²) in [7, 11) is 0. The SMILES string of the molecule is CCC[C@@]12C[C@@H]3C[C@H](O)CC[C@H]3CN1CCc1c2[nH]c2ccccc12. The van der Waals surface area contributed by atoms with Crippen LogP contribution in [-0.2, 0) is 12.0 Å². The highest BCUT2D eigenvalue weighted by atomic mass is 16.3. The Labute approximate surface area is 150 Å². The molecule has 5 rings (SSSR count). The van der Waals surface area contributed by atoms with Gasteiger partial charge in [0.25, 0.3) is 0 Å². The second-order valence-corrected chi connectivity index (χ2v) is 8.69. The molecule has 0 bridgehead atoms. The van der Waals surface area contributed by atoms with E-state index in [1.807, 2.05) is 0 Å². The van der Waals surface area contributed by atoms with Crippen LogP contribution in [-0.4, -0.2) is 34.2 Å². The molecule has 3 nitrogen and oxygen atoms in total. The van der Waals surface area contributed by atoms with E-state index < -0.39 is 0 Å². The van der Waals surface area contributed by atoms with Gasteiger partial charge in [0.2, 0.25) is 0 Å². The lowest BCUT2D eigenvalue weighted by molar-refractivity contribution is -0.0672. The molecule has 25 heavy (non-hydrogen) atoms. The molecule has 1 saturated heterocycles. The van der Waals surface area contributed by atoms with E-state index in [1.165, 1.54) is 61.8 Å². The highest BCUT2D eigenvalue weighted by Crippen LogP contribution is 2.52. The first kappa shape index (κ1) is 15.9. The first-order valence-corrected chi connectivity index (χ1v) is 10.2. The normalized spacial score (nSPS) is 35.2. The van der Waals surface area contributed by atoms with Crippen LogP contribution in [0.2, 0.25) is 0 Å². The van der Waals surface area contributed by atoms with Gasteiger partial charge in [-0.2, -0.15) is 0 Å². The lowest BCUT2D eigenvalue weighted by Crippen LogP contribution is -2.58. The number of aromatic nitrogens is 1. The van der Waals surface area contributed by atoms with Crippen LogP contribution in [0, 0.1) is 11.8 Å². The molecule has 3 aliphatic rings. The summed E-state index contributed by atoms with van der Waals surface area (Å²) < 4.78 is 0. The van der Waals surface area contributed by atoms with E-state index in [-0.39, 0.29) is 11.6 Å². The summed E-state index contributed by atoms with van der Waals surface area (Å²) in [6, 6.07) is 8.83. The van der Waals surface area contributed by atoms with Gasteiger partial charge in [-0.15, -0.1) is 0 Å².